The molecule has 7 aromatic carbocycles. The van der Waals surface area contributed by atoms with Crippen molar-refractivity contribution in [2.24, 2.45) is 11.8 Å². The Bertz CT molecular complexity index is 4720. The third-order valence-corrected chi connectivity index (χ3v) is 24.3. The number of nitrogens with one attached hydrogen (secondary N) is 1. The summed E-state index contributed by atoms with van der Waals surface area (Å²) in [5.74, 6) is 1.13. The zero-order valence-electron chi connectivity index (χ0n) is 62.6. The van der Waals surface area contributed by atoms with Crippen molar-refractivity contribution in [3.05, 3.63) is 243 Å². The minimum absolute atomic E-state index is 0.0264. The van der Waals surface area contributed by atoms with Gasteiger partial charge in [0.1, 0.15) is 29.6 Å². The first-order valence-corrected chi connectivity index (χ1v) is 40.3. The van der Waals surface area contributed by atoms with Crippen molar-refractivity contribution >= 4 is 82.1 Å². The van der Waals surface area contributed by atoms with Gasteiger partial charge in [-0.25, -0.2) is 9.97 Å². The quantitative estimate of drug-likeness (QED) is 0.0438. The van der Waals surface area contributed by atoms with Gasteiger partial charge >= 0.3 is 0 Å². The molecule has 9 aromatic rings. The molecule has 0 spiro atoms. The Labute approximate surface area is 652 Å². The van der Waals surface area contributed by atoms with E-state index in [0.29, 0.717) is 94.0 Å². The molecule has 1 saturated carbocycles. The number of ketones is 2. The fraction of sp³-hybridized carbons (Fsp3) is 0.375. The fourth-order valence-corrected chi connectivity index (χ4v) is 17.9. The lowest BCUT2D eigenvalue weighted by Gasteiger charge is -2.35. The van der Waals surface area contributed by atoms with Crippen molar-refractivity contribution in [2.75, 3.05) is 24.5 Å². The number of Topliss-reactive ketones (excluding diaryl/α,β-unsaturated/α-hetero) is 2. The van der Waals surface area contributed by atoms with Crippen LogP contribution in [-0.4, -0.2) is 148 Å². The molecule has 0 radical (unpaired) electrons. The van der Waals surface area contributed by atoms with Crippen LogP contribution in [0.1, 0.15) is 150 Å². The van der Waals surface area contributed by atoms with Crippen LogP contribution in [0.5, 0.6) is 11.5 Å². The van der Waals surface area contributed by atoms with Crippen molar-refractivity contribution in [3.8, 4) is 32.4 Å². The fourth-order valence-electron chi connectivity index (χ4n) is 16.0. The number of para-hydroxylation sites is 1. The number of fused-ring (bicyclic) bond motifs is 2. The molecule has 7 heterocycles. The Balaban J connectivity index is 0.000000144. The van der Waals surface area contributed by atoms with Crippen LogP contribution < -0.4 is 15.0 Å². The number of rotatable bonds is 23. The number of anilines is 1. The topological polar surface area (TPSA) is 223 Å². The van der Waals surface area contributed by atoms with Crippen molar-refractivity contribution in [3.63, 3.8) is 0 Å². The number of aromatic nitrogens is 2. The van der Waals surface area contributed by atoms with Crippen molar-refractivity contribution in [1.29, 1.82) is 0 Å². The average Bonchev–Trinajstić information content (AvgIpc) is 1.64. The number of likely N-dealkylation sites (tertiary alicyclic amines) is 2. The molecule has 2 aromatic heterocycles. The largest absolute Gasteiger partial charge is 0.457 e. The number of carbonyl (C=O) groups is 7. The van der Waals surface area contributed by atoms with E-state index in [1.165, 1.54) is 34.6 Å². The van der Waals surface area contributed by atoms with E-state index in [2.05, 4.69) is 76.4 Å². The molecule has 5 amide bonds. The number of carbonyl (C=O) groups excluding carboxylic acids is 7. The van der Waals surface area contributed by atoms with E-state index < -0.39 is 36.4 Å². The number of β-amino-alcohol motifs (C(OH)–C–C–N with tert-alkyl or cyclic N) is 2. The van der Waals surface area contributed by atoms with E-state index in [9.17, 15) is 43.8 Å². The summed E-state index contributed by atoms with van der Waals surface area (Å²) >= 11 is 7.86. The number of hydrogen-bond acceptors (Lipinski definition) is 16. The first-order chi connectivity index (χ1) is 52.6. The summed E-state index contributed by atoms with van der Waals surface area (Å²) in [6, 6.07) is 54.4. The van der Waals surface area contributed by atoms with Crippen LogP contribution in [0.4, 0.5) is 5.69 Å². The third-order valence-electron chi connectivity index (χ3n) is 22.0. The van der Waals surface area contributed by atoms with Crippen LogP contribution in [-0.2, 0) is 56.4 Å². The minimum atomic E-state index is -0.732. The van der Waals surface area contributed by atoms with E-state index in [4.69, 9.17) is 4.74 Å². The maximum atomic E-state index is 13.9. The van der Waals surface area contributed by atoms with Gasteiger partial charge in [0.2, 0.25) is 17.7 Å². The second kappa shape index (κ2) is 34.9. The van der Waals surface area contributed by atoms with Crippen molar-refractivity contribution in [1.82, 2.24) is 34.9 Å². The van der Waals surface area contributed by atoms with E-state index in [1.54, 1.807) is 49.5 Å². The van der Waals surface area contributed by atoms with Crippen LogP contribution in [0, 0.1) is 25.7 Å². The van der Waals surface area contributed by atoms with E-state index >= 15 is 0 Å². The van der Waals surface area contributed by atoms with Gasteiger partial charge in [-0.2, -0.15) is 12.6 Å². The summed E-state index contributed by atoms with van der Waals surface area (Å²) in [6.07, 6.45) is 5.81. The van der Waals surface area contributed by atoms with Crippen LogP contribution in [0.3, 0.4) is 0 Å². The lowest BCUT2D eigenvalue weighted by Crippen LogP contribution is -2.55. The van der Waals surface area contributed by atoms with Gasteiger partial charge in [-0.3, -0.25) is 33.6 Å². The molecule has 0 unspecified atom stereocenters. The molecule has 6 aliphatic rings. The molecule has 4 fully saturated rings. The molecule has 3 N–H and O–H groups in total. The van der Waals surface area contributed by atoms with Gasteiger partial charge in [0, 0.05) is 93.1 Å². The van der Waals surface area contributed by atoms with Crippen molar-refractivity contribution < 1.29 is 48.5 Å². The standard InChI is InChI=1S/C30H36N2O4.C29H32N4O3S2.C29H28N2O3S/c1-19(2)28(32-17-23-6-3-4-9-25(23)29(32)35)30(36)31-18-24(33)16-26(31)27(34)15-12-20-10-13-22(14-11-20)21-7-5-8-21;1-17(2)25(33-14-21-6-4-5-7-23(21)28(33)35)29(36)32-15-22(37)12-24(32)27(34)30-13-19-8-10-20(11-9-19)26-18(3)31-16-38-26;1-20-29(35-19-30-20)22-13-10-21(11-14-22)12-15-28(33)27-17-24(32)18-31(27)23-6-5-9-26(16-23)34-25-7-3-2-4-8-25/h3-4,6,9-11,13-14,19,21,24,26,28,33H,5,7-8,12,15-18H2,1-2H3;4-11,16-17,22,24-25,37H,12-15H2,1-3H3,(H,30,34);2-11,13-14,16,19,24,27,32H,12,15,17-18H2,1H3/t24-,26+,28+;22-,24+,25+;24-,27+/m111/s1. The zero-order chi connectivity index (χ0) is 76.6. The molecule has 109 heavy (non-hydrogen) atoms. The van der Waals surface area contributed by atoms with Crippen LogP contribution in [0.25, 0.3) is 20.9 Å². The number of amides is 5. The van der Waals surface area contributed by atoms with Crippen LogP contribution in [0.15, 0.2) is 187 Å². The highest BCUT2D eigenvalue weighted by Crippen LogP contribution is 2.39. The third kappa shape index (κ3) is 18.0. The van der Waals surface area contributed by atoms with Gasteiger partial charge in [0.25, 0.3) is 11.8 Å². The smallest absolute Gasteiger partial charge is 0.255 e. The number of thiazole rings is 2. The SMILES string of the molecule is CC(C)[C@@H](C(=O)N1C[C@H](O)C[C@H]1C(=O)CCc1ccc(C2CCC2)cc1)N1Cc2ccccc2C1=O.Cc1ncsc1-c1ccc(CCC(=O)[C@@H]2C[C@@H](O)CN2c2cccc(Oc3ccccc3)c2)cc1.Cc1ncsc1-c1ccc(CNC(=O)[C@@H]2C[C@@H](S)CN2C(=O)[C@H](C(C)C)N2Cc3ccccc3C2=O)cc1. The van der Waals surface area contributed by atoms with Crippen molar-refractivity contribution in [2.45, 2.75) is 179 Å². The molecule has 21 heteroatoms. The number of thiol groups is 1. The summed E-state index contributed by atoms with van der Waals surface area (Å²) < 4.78 is 5.97. The Morgan fingerprint density at radius 3 is 1.55 bits per heavy atom. The minimum Gasteiger partial charge on any atom is -0.457 e. The normalized spacial score (nSPS) is 19.9. The monoisotopic (exact) mass is 1520 g/mol. The molecule has 8 atom stereocenters. The second-order valence-electron chi connectivity index (χ2n) is 30.3. The van der Waals surface area contributed by atoms with E-state index in [1.807, 2.05) is 173 Å². The highest BCUT2D eigenvalue weighted by atomic mass is 32.1. The number of aliphatic hydroxyl groups excluding tert-OH is 2. The Hall–Kier alpha value is -9.64. The predicted octanol–water partition coefficient (Wildman–Crippen LogP) is 14.5. The Kier molecular flexibility index (Phi) is 24.8. The maximum Gasteiger partial charge on any atom is 0.255 e. The van der Waals surface area contributed by atoms with Gasteiger partial charge in [-0.15, -0.1) is 22.7 Å². The summed E-state index contributed by atoms with van der Waals surface area (Å²) in [7, 11) is 0. The first-order valence-electron chi connectivity index (χ1n) is 38.1. The zero-order valence-corrected chi connectivity index (χ0v) is 65.1. The molecular formula is C88H96N8O10S3. The molecule has 15 rings (SSSR count). The number of ether oxygens (including phenoxy) is 1. The van der Waals surface area contributed by atoms with Gasteiger partial charge in [0.15, 0.2) is 11.6 Å². The summed E-state index contributed by atoms with van der Waals surface area (Å²) in [5, 5.41) is 23.7. The number of aryl methyl sites for hydroxylation is 4. The van der Waals surface area contributed by atoms with Gasteiger partial charge in [0.05, 0.1) is 56.5 Å². The molecule has 566 valence electrons. The highest BCUT2D eigenvalue weighted by Gasteiger charge is 2.48. The average molecular weight is 1520 g/mol. The summed E-state index contributed by atoms with van der Waals surface area (Å²) in [5.41, 5.74) is 16.6. The summed E-state index contributed by atoms with van der Waals surface area (Å²) in [4.78, 5) is 113. The lowest BCUT2D eigenvalue weighted by molar-refractivity contribution is -0.143. The first kappa shape index (κ1) is 77.5. The van der Waals surface area contributed by atoms with Gasteiger partial charge in [-0.05, 0) is 145 Å². The molecule has 5 aliphatic heterocycles. The number of aliphatic hydroxyl groups is 2. The molecule has 18 nitrogen and oxygen atoms in total. The molecule has 0 bridgehead atoms. The van der Waals surface area contributed by atoms with Gasteiger partial charge in [-0.1, -0.05) is 168 Å². The number of nitrogens with zero attached hydrogens (tertiary/aromatic N) is 7. The molecular weight excluding hydrogens is 1430 g/mol. The predicted molar refractivity (Wildman–Crippen MR) is 430 cm³/mol. The lowest BCUT2D eigenvalue weighted by atomic mass is 9.80. The maximum absolute atomic E-state index is 13.9. The summed E-state index contributed by atoms with van der Waals surface area (Å²) in [6.45, 7) is 13.8. The number of benzene rings is 7. The molecule has 3 saturated heterocycles. The van der Waals surface area contributed by atoms with Crippen LogP contribution in [0.2, 0.25) is 0 Å². The second-order valence-corrected chi connectivity index (χ2v) is 32.7. The molecule has 1 aliphatic carbocycles. The Morgan fingerprint density at radius 1 is 0.550 bits per heavy atom. The van der Waals surface area contributed by atoms with Crippen LogP contribution >= 0.6 is 35.3 Å². The van der Waals surface area contributed by atoms with E-state index in [0.717, 1.165) is 66.6 Å². The highest BCUT2D eigenvalue weighted by molar-refractivity contribution is 7.81. The number of hydrogen-bond donors (Lipinski definition) is 4. The Morgan fingerprint density at radius 2 is 1.04 bits per heavy atom. The van der Waals surface area contributed by atoms with E-state index in [-0.39, 0.29) is 77.2 Å². The van der Waals surface area contributed by atoms with Gasteiger partial charge < -0.3 is 44.8 Å².